The maximum absolute atomic E-state index is 13.4. The van der Waals surface area contributed by atoms with Crippen LogP contribution >= 0.6 is 11.6 Å². The van der Waals surface area contributed by atoms with Gasteiger partial charge in [-0.3, -0.25) is 9.59 Å². The van der Waals surface area contributed by atoms with Crippen LogP contribution in [0.5, 0.6) is 0 Å². The highest BCUT2D eigenvalue weighted by atomic mass is 35.5. The fourth-order valence-corrected chi connectivity index (χ4v) is 3.25. The van der Waals surface area contributed by atoms with Crippen molar-refractivity contribution in [3.05, 3.63) is 93.9 Å². The second-order valence-corrected chi connectivity index (χ2v) is 7.35. The van der Waals surface area contributed by atoms with E-state index in [1.54, 1.807) is 31.2 Å². The number of aromatic nitrogens is 3. The van der Waals surface area contributed by atoms with Gasteiger partial charge in [0.2, 0.25) is 0 Å². The van der Waals surface area contributed by atoms with E-state index in [-0.39, 0.29) is 23.4 Å². The molecule has 0 bridgehead atoms. The molecule has 0 unspecified atom stereocenters. The van der Waals surface area contributed by atoms with Crippen molar-refractivity contribution in [1.29, 1.82) is 0 Å². The number of nitrogens with zero attached hydrogens (tertiary/aromatic N) is 3. The van der Waals surface area contributed by atoms with Crippen LogP contribution in [0, 0.1) is 18.6 Å². The van der Waals surface area contributed by atoms with E-state index in [0.717, 1.165) is 12.1 Å². The average molecular weight is 456 g/mol. The van der Waals surface area contributed by atoms with Gasteiger partial charge in [-0.25, -0.2) is 18.3 Å². The minimum atomic E-state index is -0.999. The molecule has 0 aliphatic rings. The molecule has 32 heavy (non-hydrogen) atoms. The van der Waals surface area contributed by atoms with E-state index < -0.39 is 23.4 Å². The van der Waals surface area contributed by atoms with Gasteiger partial charge >= 0.3 is 0 Å². The van der Waals surface area contributed by atoms with Gasteiger partial charge in [-0.05, 0) is 42.8 Å². The van der Waals surface area contributed by atoms with Crippen molar-refractivity contribution in [3.63, 3.8) is 0 Å². The molecule has 2 N–H and O–H groups in total. The zero-order valence-corrected chi connectivity index (χ0v) is 17.5. The highest BCUT2D eigenvalue weighted by Gasteiger charge is 2.19. The summed E-state index contributed by atoms with van der Waals surface area (Å²) in [6.45, 7) is 1.69. The second kappa shape index (κ2) is 8.72. The number of para-hydroxylation sites is 1. The lowest BCUT2D eigenvalue weighted by Crippen LogP contribution is -2.24. The van der Waals surface area contributed by atoms with E-state index >= 15 is 0 Å². The molecular formula is C22H16ClF2N5O2. The maximum atomic E-state index is 13.4. The number of amides is 2. The fourth-order valence-electron chi connectivity index (χ4n) is 3.06. The van der Waals surface area contributed by atoms with E-state index in [9.17, 15) is 18.4 Å². The first-order valence-electron chi connectivity index (χ1n) is 9.47. The van der Waals surface area contributed by atoms with Crippen molar-refractivity contribution in [2.45, 2.75) is 13.5 Å². The van der Waals surface area contributed by atoms with Crippen molar-refractivity contribution in [1.82, 2.24) is 19.9 Å². The van der Waals surface area contributed by atoms with E-state index in [1.807, 2.05) is 0 Å². The van der Waals surface area contributed by atoms with Gasteiger partial charge in [0.25, 0.3) is 11.8 Å². The number of nitrogens with one attached hydrogen (secondary N) is 2. The maximum Gasteiger partial charge on any atom is 0.270 e. The van der Waals surface area contributed by atoms with Crippen LogP contribution in [0.3, 0.4) is 0 Å². The molecule has 0 radical (unpaired) electrons. The number of aryl methyl sites for hydroxylation is 1. The lowest BCUT2D eigenvalue weighted by molar-refractivity contribution is 0.0944. The third kappa shape index (κ3) is 4.28. The number of rotatable bonds is 5. The largest absolute Gasteiger partial charge is 0.347 e. The predicted molar refractivity (Wildman–Crippen MR) is 115 cm³/mol. The first-order chi connectivity index (χ1) is 15.3. The van der Waals surface area contributed by atoms with Crippen LogP contribution in [0.2, 0.25) is 5.02 Å². The normalized spacial score (nSPS) is 10.9. The van der Waals surface area contributed by atoms with Crippen molar-refractivity contribution in [2.24, 2.45) is 0 Å². The molecule has 0 aliphatic heterocycles. The monoisotopic (exact) mass is 455 g/mol. The Hall–Kier alpha value is -3.85. The molecule has 0 aliphatic carbocycles. The zero-order chi connectivity index (χ0) is 22.8. The lowest BCUT2D eigenvalue weighted by Gasteiger charge is -2.08. The summed E-state index contributed by atoms with van der Waals surface area (Å²) in [5.74, 6) is -3.00. The number of fused-ring (bicyclic) bond motifs is 1. The number of carbonyl (C=O) groups is 2. The SMILES string of the molecule is Cc1cc(C(=O)NCc2ccc(F)c(F)c2)nc2c(C(=O)Nc3ccccc3Cl)cnn12. The van der Waals surface area contributed by atoms with Crippen molar-refractivity contribution in [2.75, 3.05) is 5.32 Å². The van der Waals surface area contributed by atoms with E-state index in [1.165, 1.54) is 22.8 Å². The summed E-state index contributed by atoms with van der Waals surface area (Å²) in [5, 5.41) is 9.84. The Morgan fingerprint density at radius 1 is 1.06 bits per heavy atom. The summed E-state index contributed by atoms with van der Waals surface area (Å²) in [5.41, 5.74) is 1.78. The van der Waals surface area contributed by atoms with Gasteiger partial charge in [-0.15, -0.1) is 0 Å². The molecule has 0 fully saturated rings. The Labute approximate surface area is 186 Å². The molecule has 2 heterocycles. The number of carbonyl (C=O) groups excluding carboxylic acids is 2. The molecule has 0 atom stereocenters. The van der Waals surface area contributed by atoms with Crippen LogP contribution in [0.15, 0.2) is 54.7 Å². The van der Waals surface area contributed by atoms with Gasteiger partial charge in [-0.1, -0.05) is 29.8 Å². The van der Waals surface area contributed by atoms with Gasteiger partial charge in [-0.2, -0.15) is 5.10 Å². The molecule has 0 saturated heterocycles. The summed E-state index contributed by atoms with van der Waals surface area (Å²) >= 11 is 6.10. The van der Waals surface area contributed by atoms with Gasteiger partial charge in [0, 0.05) is 12.2 Å². The van der Waals surface area contributed by atoms with Crippen LogP contribution in [-0.4, -0.2) is 26.4 Å². The predicted octanol–water partition coefficient (Wildman–Crippen LogP) is 4.15. The number of hydrogen-bond acceptors (Lipinski definition) is 4. The Morgan fingerprint density at radius 3 is 2.59 bits per heavy atom. The van der Waals surface area contributed by atoms with E-state index in [4.69, 9.17) is 11.6 Å². The van der Waals surface area contributed by atoms with Crippen molar-refractivity contribution in [3.8, 4) is 0 Å². The Balaban J connectivity index is 1.58. The Bertz CT molecular complexity index is 1360. The molecule has 4 aromatic rings. The molecule has 0 saturated carbocycles. The molecule has 4 rings (SSSR count). The standard InChI is InChI=1S/C22H16ClF2N5O2/c1-12-8-19(22(32)26-10-13-6-7-16(24)17(25)9-13)28-20-14(11-27-30(12)20)21(31)29-18-5-3-2-4-15(18)23/h2-9,11H,10H2,1H3,(H,26,32)(H,29,31). The highest BCUT2D eigenvalue weighted by Crippen LogP contribution is 2.22. The Morgan fingerprint density at radius 2 is 1.84 bits per heavy atom. The third-order valence-electron chi connectivity index (χ3n) is 4.69. The molecule has 162 valence electrons. The smallest absolute Gasteiger partial charge is 0.270 e. The van der Waals surface area contributed by atoms with Gasteiger partial charge in [0.15, 0.2) is 17.3 Å². The fraction of sp³-hybridized carbons (Fsp3) is 0.0909. The zero-order valence-electron chi connectivity index (χ0n) is 16.7. The van der Waals surface area contributed by atoms with Gasteiger partial charge in [0.1, 0.15) is 11.3 Å². The molecule has 2 aromatic heterocycles. The summed E-state index contributed by atoms with van der Waals surface area (Å²) in [6, 6.07) is 11.6. The molecule has 10 heteroatoms. The molecule has 7 nitrogen and oxygen atoms in total. The van der Waals surface area contributed by atoms with Gasteiger partial charge < -0.3 is 10.6 Å². The minimum absolute atomic E-state index is 0.0267. The minimum Gasteiger partial charge on any atom is -0.347 e. The number of halogens is 3. The number of benzene rings is 2. The van der Waals surface area contributed by atoms with E-state index in [0.29, 0.717) is 22.0 Å². The first-order valence-corrected chi connectivity index (χ1v) is 9.84. The number of anilines is 1. The first kappa shape index (κ1) is 21.4. The Kier molecular flexibility index (Phi) is 5.83. The van der Waals surface area contributed by atoms with Gasteiger partial charge in [0.05, 0.1) is 16.9 Å². The molecule has 2 aromatic carbocycles. The van der Waals surface area contributed by atoms with Crippen molar-refractivity contribution < 1.29 is 18.4 Å². The van der Waals surface area contributed by atoms with Crippen LogP contribution in [-0.2, 0) is 6.54 Å². The summed E-state index contributed by atoms with van der Waals surface area (Å²) in [6.07, 6.45) is 1.35. The highest BCUT2D eigenvalue weighted by molar-refractivity contribution is 6.34. The van der Waals surface area contributed by atoms with Crippen LogP contribution in [0.25, 0.3) is 5.65 Å². The van der Waals surface area contributed by atoms with E-state index in [2.05, 4.69) is 20.7 Å². The molecule has 2 amide bonds. The lowest BCUT2D eigenvalue weighted by atomic mass is 10.2. The van der Waals surface area contributed by atoms with Crippen molar-refractivity contribution >= 4 is 34.7 Å². The molecular weight excluding hydrogens is 440 g/mol. The summed E-state index contributed by atoms with van der Waals surface area (Å²) in [7, 11) is 0. The quantitative estimate of drug-likeness (QED) is 0.473. The molecule has 0 spiro atoms. The number of hydrogen-bond donors (Lipinski definition) is 2. The third-order valence-corrected chi connectivity index (χ3v) is 5.02. The van der Waals surface area contributed by atoms with Crippen LogP contribution in [0.4, 0.5) is 14.5 Å². The summed E-state index contributed by atoms with van der Waals surface area (Å²) < 4.78 is 27.9. The van der Waals surface area contributed by atoms with Crippen LogP contribution in [0.1, 0.15) is 32.1 Å². The second-order valence-electron chi connectivity index (χ2n) is 6.94. The summed E-state index contributed by atoms with van der Waals surface area (Å²) in [4.78, 5) is 29.7. The van der Waals surface area contributed by atoms with Crippen LogP contribution < -0.4 is 10.6 Å². The topological polar surface area (TPSA) is 88.4 Å². The average Bonchev–Trinajstić information content (AvgIpc) is 3.21.